The monoisotopic (exact) mass is 858 g/mol. The largest absolute Gasteiger partial charge is 0.465 e. The van der Waals surface area contributed by atoms with Gasteiger partial charge < -0.3 is 45.0 Å². The molecule has 2 fully saturated rings. The molecule has 5 aromatic rings. The molecule has 3 aromatic carbocycles. The van der Waals surface area contributed by atoms with Crippen molar-refractivity contribution >= 4 is 34.8 Å². The minimum Gasteiger partial charge on any atom is -0.465 e. The first-order valence-electron chi connectivity index (χ1n) is 22.2. The fraction of sp³-hybridized carbons (Fsp3) is 0.458. The Morgan fingerprint density at radius 2 is 1.30 bits per heavy atom. The Labute approximate surface area is 367 Å². The number of carbonyl (C=O) groups is 4. The van der Waals surface area contributed by atoms with Crippen LogP contribution in [0.25, 0.3) is 33.3 Å². The molecule has 2 saturated heterocycles. The molecule has 4 amide bonds. The van der Waals surface area contributed by atoms with Crippen LogP contribution in [0.2, 0.25) is 0 Å². The number of benzene rings is 3. The van der Waals surface area contributed by atoms with E-state index in [0.717, 1.165) is 100 Å². The summed E-state index contributed by atoms with van der Waals surface area (Å²) in [7, 11) is 1.29. The number of nitrogens with zero attached hydrogens (tertiary/aromatic N) is 4. The van der Waals surface area contributed by atoms with Gasteiger partial charge in [0, 0.05) is 40.8 Å². The predicted molar refractivity (Wildman–Crippen MR) is 238 cm³/mol. The zero-order valence-electron chi connectivity index (χ0n) is 37.1. The second kappa shape index (κ2) is 17.4. The van der Waals surface area contributed by atoms with Gasteiger partial charge in [-0.05, 0) is 85.4 Å². The number of alkyl carbamates (subject to hydrolysis) is 1. The number of hydrogen-bond donors (Lipinski definition) is 5. The highest BCUT2D eigenvalue weighted by Gasteiger charge is 2.41. The highest BCUT2D eigenvalue weighted by molar-refractivity contribution is 5.90. The maximum Gasteiger partial charge on any atom is 0.407 e. The minimum atomic E-state index is -1.22. The van der Waals surface area contributed by atoms with Gasteiger partial charge in [0.15, 0.2) is 0 Å². The fourth-order valence-electron chi connectivity index (χ4n) is 9.99. The lowest BCUT2D eigenvalue weighted by molar-refractivity contribution is -0.136. The van der Waals surface area contributed by atoms with E-state index in [-0.39, 0.29) is 41.1 Å². The van der Waals surface area contributed by atoms with Gasteiger partial charge in [-0.15, -0.1) is 0 Å². The third kappa shape index (κ3) is 7.97. The Hall–Kier alpha value is -6.38. The molecule has 2 aromatic heterocycles. The molecule has 63 heavy (non-hydrogen) atoms. The van der Waals surface area contributed by atoms with E-state index in [4.69, 9.17) is 19.4 Å². The van der Waals surface area contributed by atoms with Gasteiger partial charge in [-0.3, -0.25) is 9.59 Å². The normalized spacial score (nSPS) is 18.8. The summed E-state index contributed by atoms with van der Waals surface area (Å²) >= 11 is 0. The van der Waals surface area contributed by atoms with Crippen LogP contribution in [0.1, 0.15) is 115 Å². The first kappa shape index (κ1) is 43.3. The molecule has 5 heterocycles. The molecule has 0 bridgehead atoms. The number of hydrogen-bond acceptors (Lipinski definition) is 8. The lowest BCUT2D eigenvalue weighted by Gasteiger charge is -2.39. The van der Waals surface area contributed by atoms with Gasteiger partial charge in [-0.1, -0.05) is 65.8 Å². The van der Waals surface area contributed by atoms with Gasteiger partial charge in [0.1, 0.15) is 35.2 Å². The number of likely N-dealkylation sites (tertiary alicyclic amines) is 2. The molecule has 3 aliphatic rings. The third-order valence-corrected chi connectivity index (χ3v) is 13.5. The van der Waals surface area contributed by atoms with E-state index < -0.39 is 24.3 Å². The fourth-order valence-corrected chi connectivity index (χ4v) is 9.99. The lowest BCUT2D eigenvalue weighted by Crippen LogP contribution is -2.51. The molecule has 8 rings (SSSR count). The molecule has 15 nitrogen and oxygen atoms in total. The highest BCUT2D eigenvalue weighted by atomic mass is 16.5. The van der Waals surface area contributed by atoms with Gasteiger partial charge >= 0.3 is 12.2 Å². The topological polar surface area (TPSA) is 195 Å². The Balaban J connectivity index is 1.04. The number of nitrogens with one attached hydrogen (secondary N) is 4. The number of methoxy groups -OCH3 is 1. The Bertz CT molecular complexity index is 2540. The number of rotatable bonds is 12. The van der Waals surface area contributed by atoms with Crippen LogP contribution < -0.4 is 15.4 Å². The van der Waals surface area contributed by atoms with Crippen LogP contribution in [0, 0.1) is 11.8 Å². The molecular weight excluding hydrogens is 801 g/mol. The van der Waals surface area contributed by atoms with Crippen molar-refractivity contribution < 1.29 is 33.8 Å². The second-order valence-corrected chi connectivity index (χ2v) is 17.8. The summed E-state index contributed by atoms with van der Waals surface area (Å²) in [6, 6.07) is 15.0. The van der Waals surface area contributed by atoms with Crippen LogP contribution in [0.15, 0.2) is 60.9 Å². The number of imidazole rings is 2. The van der Waals surface area contributed by atoms with E-state index in [1.54, 1.807) is 11.1 Å². The molecular formula is C48H58N8O7. The van der Waals surface area contributed by atoms with Crippen LogP contribution in [0.3, 0.4) is 0 Å². The summed E-state index contributed by atoms with van der Waals surface area (Å²) in [4.78, 5) is 70.9. The molecule has 0 aliphatic carbocycles. The SMILES string of the molecule is CCC1(CC)c2ccc(-c3cnc([C@@H]4CCCN4C(=O)[C@H](NC(=O)O)C(C)C)[nH]3)cc2Oc2cc3ccc(-c4cnc([C@@H]5CCCN5C(=O)[C@@H](NC(=O)OC)C(C)C)[nH]4)cc3cc21. The van der Waals surface area contributed by atoms with E-state index in [2.05, 4.69) is 83.0 Å². The Kier molecular flexibility index (Phi) is 12.0. The van der Waals surface area contributed by atoms with Crippen LogP contribution >= 0.6 is 0 Å². The van der Waals surface area contributed by atoms with Gasteiger partial charge in [0.2, 0.25) is 11.8 Å². The molecule has 3 aliphatic heterocycles. The van der Waals surface area contributed by atoms with Crippen LogP contribution in [0.4, 0.5) is 9.59 Å². The molecule has 4 atom stereocenters. The number of aromatic amines is 2. The van der Waals surface area contributed by atoms with Crippen molar-refractivity contribution in [2.45, 2.75) is 110 Å². The number of amides is 4. The molecule has 0 saturated carbocycles. The summed E-state index contributed by atoms with van der Waals surface area (Å²) in [5.41, 5.74) is 5.50. The van der Waals surface area contributed by atoms with Crippen molar-refractivity contribution in [3.8, 4) is 34.0 Å². The van der Waals surface area contributed by atoms with E-state index in [1.807, 2.05) is 38.8 Å². The minimum absolute atomic E-state index is 0.120. The standard InChI is InChI=1S/C48H58N8O7/c1-8-48(9-2)32-17-16-30(35-25-50-43(52-35)36-12-10-18-55(36)44(57)40(26(3)4)53-46(59)60)23-38(32)63-39-22-28-14-15-29(20-31(28)21-33(39)48)34-24-49-42(51-34)37-13-11-19-56(37)45(58)41(27(5)6)54-47(61)62-7/h14-17,20-27,36-37,40-41,53H,8-13,18-19H2,1-7H3,(H,49,51)(H,50,52)(H,54,61)(H,59,60)/t36-,37-,40+,41-/m0/s1. The number of ether oxygens (including phenoxy) is 2. The van der Waals surface area contributed by atoms with Crippen molar-refractivity contribution in [2.75, 3.05) is 20.2 Å². The number of fused-ring (bicyclic) bond motifs is 3. The first-order chi connectivity index (χ1) is 30.3. The average molecular weight is 859 g/mol. The zero-order chi connectivity index (χ0) is 44.7. The summed E-state index contributed by atoms with van der Waals surface area (Å²) in [6.07, 6.45) is 6.63. The number of carboxylic acid groups (broad SMARTS) is 1. The predicted octanol–water partition coefficient (Wildman–Crippen LogP) is 8.83. The quantitative estimate of drug-likeness (QED) is 0.0815. The maximum atomic E-state index is 13.7. The van der Waals surface area contributed by atoms with Crippen molar-refractivity contribution in [1.82, 2.24) is 40.4 Å². The van der Waals surface area contributed by atoms with Gasteiger partial charge in [0.25, 0.3) is 0 Å². The number of H-pyrrole nitrogens is 2. The van der Waals surface area contributed by atoms with Crippen molar-refractivity contribution in [3.05, 3.63) is 83.7 Å². The van der Waals surface area contributed by atoms with Crippen molar-refractivity contribution in [3.63, 3.8) is 0 Å². The Morgan fingerprint density at radius 1 is 0.762 bits per heavy atom. The summed E-state index contributed by atoms with van der Waals surface area (Å²) in [5, 5.41) is 16.6. The second-order valence-electron chi connectivity index (χ2n) is 17.8. The van der Waals surface area contributed by atoms with Crippen LogP contribution in [0.5, 0.6) is 11.5 Å². The maximum absolute atomic E-state index is 13.7. The van der Waals surface area contributed by atoms with Gasteiger partial charge in [-0.2, -0.15) is 0 Å². The molecule has 0 radical (unpaired) electrons. The number of carbonyl (C=O) groups excluding carboxylic acids is 3. The zero-order valence-corrected chi connectivity index (χ0v) is 37.1. The van der Waals surface area contributed by atoms with Gasteiger partial charge in [0.05, 0.1) is 43.0 Å². The highest BCUT2D eigenvalue weighted by Crippen LogP contribution is 2.53. The molecule has 0 unspecified atom stereocenters. The molecule has 15 heteroatoms. The van der Waals surface area contributed by atoms with Crippen molar-refractivity contribution in [1.29, 1.82) is 0 Å². The Morgan fingerprint density at radius 3 is 1.84 bits per heavy atom. The molecule has 0 spiro atoms. The van der Waals surface area contributed by atoms with Gasteiger partial charge in [-0.25, -0.2) is 19.6 Å². The van der Waals surface area contributed by atoms with Crippen LogP contribution in [-0.2, 0) is 19.7 Å². The summed E-state index contributed by atoms with van der Waals surface area (Å²) in [5.74, 6) is 2.29. The molecule has 332 valence electrons. The first-order valence-corrected chi connectivity index (χ1v) is 22.2. The average Bonchev–Trinajstić information content (AvgIpc) is 4.12. The van der Waals surface area contributed by atoms with E-state index in [9.17, 15) is 24.3 Å². The van der Waals surface area contributed by atoms with E-state index in [1.165, 1.54) is 7.11 Å². The van der Waals surface area contributed by atoms with E-state index >= 15 is 0 Å². The van der Waals surface area contributed by atoms with Crippen LogP contribution in [-0.4, -0.2) is 91.1 Å². The number of aromatic nitrogens is 4. The van der Waals surface area contributed by atoms with E-state index in [0.29, 0.717) is 18.9 Å². The van der Waals surface area contributed by atoms with Crippen molar-refractivity contribution in [2.24, 2.45) is 11.8 Å². The molecule has 5 N–H and O–H groups in total. The smallest absolute Gasteiger partial charge is 0.407 e. The lowest BCUT2D eigenvalue weighted by atomic mass is 9.68. The summed E-state index contributed by atoms with van der Waals surface area (Å²) in [6.45, 7) is 13.0. The summed E-state index contributed by atoms with van der Waals surface area (Å²) < 4.78 is 11.6. The third-order valence-electron chi connectivity index (χ3n) is 13.5.